The van der Waals surface area contributed by atoms with E-state index in [4.69, 9.17) is 10.8 Å². The highest BCUT2D eigenvalue weighted by Crippen LogP contribution is 2.24. The van der Waals surface area contributed by atoms with Crippen LogP contribution in [0.25, 0.3) is 0 Å². The minimum Gasteiger partial charge on any atom is -0.478 e. The number of nitrogens with two attached hydrogens (primary N) is 1. The lowest BCUT2D eigenvalue weighted by Crippen LogP contribution is -2.04. The predicted octanol–water partition coefficient (Wildman–Crippen LogP) is 3.16. The average Bonchev–Trinajstić information content (AvgIpc) is 2.33. The third-order valence-electron chi connectivity index (χ3n) is 2.72. The summed E-state index contributed by atoms with van der Waals surface area (Å²) in [5.74, 6) is -1.43. The molecule has 2 aromatic carbocycles. The normalized spacial score (nSPS) is 10.2. The summed E-state index contributed by atoms with van der Waals surface area (Å²) in [6.07, 6.45) is 0. The van der Waals surface area contributed by atoms with Crippen molar-refractivity contribution in [1.29, 1.82) is 0 Å². The molecule has 0 spiro atoms. The Hall–Kier alpha value is -2.56. The first-order chi connectivity index (χ1) is 8.97. The Labute approximate surface area is 109 Å². The van der Waals surface area contributed by atoms with Gasteiger partial charge in [-0.05, 0) is 42.8 Å². The lowest BCUT2D eigenvalue weighted by atomic mass is 10.1. The van der Waals surface area contributed by atoms with E-state index in [0.29, 0.717) is 22.6 Å². The van der Waals surface area contributed by atoms with Gasteiger partial charge >= 0.3 is 5.97 Å². The lowest BCUT2D eigenvalue weighted by Gasteiger charge is -2.11. The molecule has 0 unspecified atom stereocenters. The first-order valence-electron chi connectivity index (χ1n) is 5.63. The molecule has 5 heteroatoms. The van der Waals surface area contributed by atoms with E-state index >= 15 is 0 Å². The number of hydrogen-bond donors (Lipinski definition) is 3. The number of aryl methyl sites for hydroxylation is 1. The Morgan fingerprint density at radius 2 is 2.00 bits per heavy atom. The number of hydrogen-bond acceptors (Lipinski definition) is 3. The van der Waals surface area contributed by atoms with Gasteiger partial charge in [0.1, 0.15) is 5.82 Å². The molecule has 0 aromatic heterocycles. The molecule has 0 amide bonds. The van der Waals surface area contributed by atoms with E-state index < -0.39 is 5.97 Å². The fourth-order valence-electron chi connectivity index (χ4n) is 1.68. The minimum absolute atomic E-state index is 0.0789. The van der Waals surface area contributed by atoms with Crippen molar-refractivity contribution in [3.05, 3.63) is 53.3 Å². The molecule has 0 fully saturated rings. The van der Waals surface area contributed by atoms with Crippen molar-refractivity contribution >= 4 is 23.0 Å². The van der Waals surface area contributed by atoms with Crippen molar-refractivity contribution in [2.24, 2.45) is 0 Å². The molecule has 0 saturated carbocycles. The SMILES string of the molecule is Cc1ccc(Nc2cc(N)ccc2C(=O)O)cc1F. The van der Waals surface area contributed by atoms with E-state index in [9.17, 15) is 9.18 Å². The van der Waals surface area contributed by atoms with Gasteiger partial charge in [0.25, 0.3) is 0 Å². The van der Waals surface area contributed by atoms with Crippen LogP contribution in [0.1, 0.15) is 15.9 Å². The molecule has 0 atom stereocenters. The summed E-state index contributed by atoms with van der Waals surface area (Å²) in [5.41, 5.74) is 7.46. The first-order valence-corrected chi connectivity index (χ1v) is 5.63. The summed E-state index contributed by atoms with van der Waals surface area (Å²) < 4.78 is 13.4. The second-order valence-electron chi connectivity index (χ2n) is 4.20. The Morgan fingerprint density at radius 1 is 1.26 bits per heavy atom. The van der Waals surface area contributed by atoms with Gasteiger partial charge in [-0.3, -0.25) is 0 Å². The molecule has 0 bridgehead atoms. The van der Waals surface area contributed by atoms with Gasteiger partial charge in [-0.2, -0.15) is 0 Å². The van der Waals surface area contributed by atoms with Crippen LogP contribution in [0, 0.1) is 12.7 Å². The number of benzene rings is 2. The zero-order valence-electron chi connectivity index (χ0n) is 10.3. The van der Waals surface area contributed by atoms with Crippen LogP contribution in [-0.4, -0.2) is 11.1 Å². The maximum Gasteiger partial charge on any atom is 0.337 e. The number of nitrogens with one attached hydrogen (secondary N) is 1. The molecule has 2 rings (SSSR count). The lowest BCUT2D eigenvalue weighted by molar-refractivity contribution is 0.0698. The van der Waals surface area contributed by atoms with Gasteiger partial charge in [-0.15, -0.1) is 0 Å². The Kier molecular flexibility index (Phi) is 3.37. The zero-order valence-corrected chi connectivity index (χ0v) is 10.3. The quantitative estimate of drug-likeness (QED) is 0.741. The highest BCUT2D eigenvalue weighted by molar-refractivity contribution is 5.96. The number of anilines is 3. The van der Waals surface area contributed by atoms with Gasteiger partial charge in [-0.1, -0.05) is 6.07 Å². The van der Waals surface area contributed by atoms with E-state index in [1.165, 1.54) is 24.3 Å². The number of aromatic carboxylic acids is 1. The molecule has 0 aliphatic heterocycles. The summed E-state index contributed by atoms with van der Waals surface area (Å²) >= 11 is 0. The van der Waals surface area contributed by atoms with E-state index in [-0.39, 0.29) is 11.4 Å². The maximum atomic E-state index is 13.4. The van der Waals surface area contributed by atoms with Crippen molar-refractivity contribution in [1.82, 2.24) is 0 Å². The third-order valence-corrected chi connectivity index (χ3v) is 2.72. The van der Waals surface area contributed by atoms with Gasteiger partial charge in [0.15, 0.2) is 0 Å². The van der Waals surface area contributed by atoms with Crippen LogP contribution in [-0.2, 0) is 0 Å². The average molecular weight is 260 g/mol. The molecule has 0 aliphatic carbocycles. The number of halogens is 1. The Balaban J connectivity index is 2.39. The maximum absolute atomic E-state index is 13.4. The van der Waals surface area contributed by atoms with Crippen molar-refractivity contribution in [3.63, 3.8) is 0 Å². The summed E-state index contributed by atoms with van der Waals surface area (Å²) in [5, 5.41) is 11.9. The predicted molar refractivity (Wildman–Crippen MR) is 72.2 cm³/mol. The number of carbonyl (C=O) groups is 1. The van der Waals surface area contributed by atoms with Gasteiger partial charge in [0.05, 0.1) is 11.3 Å². The number of carboxylic acid groups (broad SMARTS) is 1. The molecule has 4 N–H and O–H groups in total. The number of nitrogen functional groups attached to an aromatic ring is 1. The molecular weight excluding hydrogens is 247 g/mol. The van der Waals surface area contributed by atoms with Crippen LogP contribution >= 0.6 is 0 Å². The van der Waals surface area contributed by atoms with Crippen molar-refractivity contribution < 1.29 is 14.3 Å². The summed E-state index contributed by atoms with van der Waals surface area (Å²) in [7, 11) is 0. The van der Waals surface area contributed by atoms with Crippen LogP contribution in [0.5, 0.6) is 0 Å². The highest BCUT2D eigenvalue weighted by atomic mass is 19.1. The first kappa shape index (κ1) is 12.9. The van der Waals surface area contributed by atoms with Crippen LogP contribution in [0.4, 0.5) is 21.5 Å². The van der Waals surface area contributed by atoms with E-state index in [0.717, 1.165) is 0 Å². The minimum atomic E-state index is -1.07. The third kappa shape index (κ3) is 2.82. The summed E-state index contributed by atoms with van der Waals surface area (Å²) in [6.45, 7) is 1.66. The smallest absolute Gasteiger partial charge is 0.337 e. The summed E-state index contributed by atoms with van der Waals surface area (Å²) in [4.78, 5) is 11.1. The second-order valence-corrected chi connectivity index (χ2v) is 4.20. The van der Waals surface area contributed by atoms with Crippen LogP contribution in [0.2, 0.25) is 0 Å². The van der Waals surface area contributed by atoms with E-state index in [1.807, 2.05) is 0 Å². The van der Waals surface area contributed by atoms with Crippen molar-refractivity contribution in [3.8, 4) is 0 Å². The number of carboxylic acids is 1. The molecule has 0 heterocycles. The van der Waals surface area contributed by atoms with Gasteiger partial charge in [0.2, 0.25) is 0 Å². The Morgan fingerprint density at radius 3 is 2.63 bits per heavy atom. The fraction of sp³-hybridized carbons (Fsp3) is 0.0714. The Bertz CT molecular complexity index is 641. The summed E-state index contributed by atoms with van der Waals surface area (Å²) in [6, 6.07) is 9.01. The molecule has 98 valence electrons. The number of rotatable bonds is 3. The van der Waals surface area contributed by atoms with Crippen LogP contribution in [0.15, 0.2) is 36.4 Å². The molecule has 0 radical (unpaired) electrons. The van der Waals surface area contributed by atoms with Crippen molar-refractivity contribution in [2.45, 2.75) is 6.92 Å². The van der Waals surface area contributed by atoms with E-state index in [2.05, 4.69) is 5.32 Å². The van der Waals surface area contributed by atoms with Gasteiger partial charge in [-0.25, -0.2) is 9.18 Å². The topological polar surface area (TPSA) is 75.3 Å². The largest absolute Gasteiger partial charge is 0.478 e. The monoisotopic (exact) mass is 260 g/mol. The molecule has 0 aliphatic rings. The second kappa shape index (κ2) is 4.97. The molecule has 4 nitrogen and oxygen atoms in total. The standard InChI is InChI=1S/C14H13FN2O2/c1-8-2-4-10(7-12(8)15)17-13-6-9(16)3-5-11(13)14(18)19/h2-7,17H,16H2,1H3,(H,18,19). The van der Waals surface area contributed by atoms with E-state index in [1.54, 1.807) is 19.1 Å². The van der Waals surface area contributed by atoms with Gasteiger partial charge < -0.3 is 16.2 Å². The zero-order chi connectivity index (χ0) is 14.0. The highest BCUT2D eigenvalue weighted by Gasteiger charge is 2.11. The van der Waals surface area contributed by atoms with Crippen molar-refractivity contribution in [2.75, 3.05) is 11.1 Å². The molecule has 19 heavy (non-hydrogen) atoms. The van der Waals surface area contributed by atoms with Gasteiger partial charge in [0, 0.05) is 11.4 Å². The molecule has 0 saturated heterocycles. The van der Waals surface area contributed by atoms with Crippen LogP contribution < -0.4 is 11.1 Å². The van der Waals surface area contributed by atoms with Crippen LogP contribution in [0.3, 0.4) is 0 Å². The molecular formula is C14H13FN2O2. The molecule has 2 aromatic rings. The fourth-order valence-corrected chi connectivity index (χ4v) is 1.68.